The smallest absolute Gasteiger partial charge is 0.336 e. The Labute approximate surface area is 241 Å². The highest BCUT2D eigenvalue weighted by Gasteiger charge is 2.40. The van der Waals surface area contributed by atoms with Crippen LogP contribution in [0.4, 0.5) is 4.79 Å². The van der Waals surface area contributed by atoms with Gasteiger partial charge in [-0.05, 0) is 54.2 Å². The number of carboxylic acids is 3. The lowest BCUT2D eigenvalue weighted by Crippen LogP contribution is -2.51. The molecule has 0 aromatic heterocycles. The van der Waals surface area contributed by atoms with Crippen molar-refractivity contribution in [1.82, 2.24) is 19.6 Å². The average molecular weight is 605 g/mol. The summed E-state index contributed by atoms with van der Waals surface area (Å²) in [5, 5.41) is 33.8. The Balaban J connectivity index is 0.00000103. The molecule has 0 aliphatic carbocycles. The maximum atomic E-state index is 13.2. The van der Waals surface area contributed by atoms with Gasteiger partial charge in [-0.2, -0.15) is 0 Å². The molecule has 15 heteroatoms. The summed E-state index contributed by atoms with van der Waals surface area (Å²) in [4.78, 5) is 51.5. The standard InChI is InChI=1S/C20H36N4O3S.C6H8O7/c1-18(2)24(16-17-28(26,27)19-10-8-7-9-11-19)20(25)23(14-12-21(3)4)15-13-22(5)6;7-3(8)1-6(13,5(11)12)2-4(9)10/h7-11,18H,12-17H2,1-6H3;13H,1-2H2,(H,7,8)(H,9,10)(H,11,12). The zero-order valence-electron chi connectivity index (χ0n) is 24.6. The number of likely N-dealkylation sites (N-methyl/N-ethyl adjacent to an activating group) is 2. The third kappa shape index (κ3) is 14.8. The fraction of sp³-hybridized carbons (Fsp3) is 0.615. The average Bonchev–Trinajstić information content (AvgIpc) is 2.83. The quantitative estimate of drug-likeness (QED) is 0.204. The van der Waals surface area contributed by atoms with Crippen molar-refractivity contribution in [3.63, 3.8) is 0 Å². The minimum absolute atomic E-state index is 0.0836. The van der Waals surface area contributed by atoms with E-state index < -0.39 is 46.2 Å². The number of carbonyl (C=O) groups is 4. The van der Waals surface area contributed by atoms with E-state index in [-0.39, 0.29) is 24.4 Å². The van der Waals surface area contributed by atoms with Crippen LogP contribution < -0.4 is 0 Å². The monoisotopic (exact) mass is 604 g/mol. The molecule has 1 aromatic rings. The molecule has 1 aromatic carbocycles. The highest BCUT2D eigenvalue weighted by molar-refractivity contribution is 7.91. The van der Waals surface area contributed by atoms with Crippen LogP contribution in [0.15, 0.2) is 35.2 Å². The Morgan fingerprint density at radius 3 is 1.56 bits per heavy atom. The van der Waals surface area contributed by atoms with Gasteiger partial charge in [-0.3, -0.25) is 9.59 Å². The lowest BCUT2D eigenvalue weighted by Gasteiger charge is -2.34. The summed E-state index contributed by atoms with van der Waals surface area (Å²) in [6.45, 7) is 6.74. The maximum Gasteiger partial charge on any atom is 0.336 e. The number of nitrogens with zero attached hydrogens (tertiary/aromatic N) is 4. The molecular weight excluding hydrogens is 560 g/mol. The van der Waals surface area contributed by atoms with Gasteiger partial charge in [0, 0.05) is 38.8 Å². The second-order valence-electron chi connectivity index (χ2n) is 10.3. The summed E-state index contributed by atoms with van der Waals surface area (Å²) < 4.78 is 25.2. The first-order valence-corrected chi connectivity index (χ1v) is 14.5. The SMILES string of the molecule is CC(C)N(CCS(=O)(=O)c1ccccc1)C(=O)N(CCN(C)C)CCN(C)C.O=C(O)CC(O)(CC(=O)O)C(=O)O. The molecule has 0 spiro atoms. The van der Waals surface area contributed by atoms with Crippen molar-refractivity contribution in [2.45, 2.75) is 43.2 Å². The molecule has 0 aliphatic rings. The number of sulfone groups is 1. The van der Waals surface area contributed by atoms with Crippen molar-refractivity contribution >= 4 is 33.8 Å². The van der Waals surface area contributed by atoms with E-state index in [0.29, 0.717) is 18.0 Å². The van der Waals surface area contributed by atoms with Gasteiger partial charge in [-0.1, -0.05) is 18.2 Å². The zero-order valence-corrected chi connectivity index (χ0v) is 25.4. The summed E-state index contributed by atoms with van der Waals surface area (Å²) in [5.74, 6) is -5.11. The first-order valence-electron chi connectivity index (χ1n) is 12.8. The van der Waals surface area contributed by atoms with E-state index in [1.165, 1.54) is 0 Å². The summed E-state index contributed by atoms with van der Waals surface area (Å²) in [5.41, 5.74) is -2.74. The van der Waals surface area contributed by atoms with Crippen LogP contribution in [0.1, 0.15) is 26.7 Å². The largest absolute Gasteiger partial charge is 0.481 e. The minimum atomic E-state index is -3.43. The number of benzene rings is 1. The predicted molar refractivity (Wildman–Crippen MR) is 152 cm³/mol. The molecule has 0 heterocycles. The van der Waals surface area contributed by atoms with Crippen molar-refractivity contribution in [2.75, 3.05) is 66.7 Å². The highest BCUT2D eigenvalue weighted by atomic mass is 32.2. The summed E-state index contributed by atoms with van der Waals surface area (Å²) >= 11 is 0. The lowest BCUT2D eigenvalue weighted by atomic mass is 9.96. The van der Waals surface area contributed by atoms with E-state index in [9.17, 15) is 27.6 Å². The molecule has 0 saturated carbocycles. The van der Waals surface area contributed by atoms with Crippen LogP contribution in [0.5, 0.6) is 0 Å². The van der Waals surface area contributed by atoms with Crippen molar-refractivity contribution < 1.29 is 48.0 Å². The molecule has 0 aliphatic heterocycles. The van der Waals surface area contributed by atoms with Gasteiger partial charge in [0.25, 0.3) is 0 Å². The van der Waals surface area contributed by atoms with E-state index in [1.807, 2.05) is 56.7 Å². The van der Waals surface area contributed by atoms with Crippen LogP contribution >= 0.6 is 0 Å². The Hall–Kier alpha value is -3.27. The van der Waals surface area contributed by atoms with E-state index in [1.54, 1.807) is 35.2 Å². The Bertz CT molecular complexity index is 1070. The molecule has 1 rings (SSSR count). The van der Waals surface area contributed by atoms with Gasteiger partial charge < -0.3 is 40.0 Å². The summed E-state index contributed by atoms with van der Waals surface area (Å²) in [7, 11) is 4.47. The van der Waals surface area contributed by atoms with Crippen LogP contribution in [0, 0.1) is 0 Å². The molecule has 4 N–H and O–H groups in total. The normalized spacial score (nSPS) is 11.7. The number of aliphatic hydroxyl groups is 1. The molecule has 0 radical (unpaired) electrons. The molecule has 0 unspecified atom stereocenters. The molecule has 2 amide bonds. The zero-order chi connectivity index (χ0) is 32.0. The van der Waals surface area contributed by atoms with Crippen LogP contribution in [0.25, 0.3) is 0 Å². The molecule has 0 fully saturated rings. The van der Waals surface area contributed by atoms with Crippen molar-refractivity contribution in [3.05, 3.63) is 30.3 Å². The first-order chi connectivity index (χ1) is 18.8. The third-order valence-electron chi connectivity index (χ3n) is 5.76. The van der Waals surface area contributed by atoms with Crippen LogP contribution in [-0.2, 0) is 24.2 Å². The molecule has 14 nitrogen and oxygen atoms in total. The Morgan fingerprint density at radius 2 is 1.22 bits per heavy atom. The number of carboxylic acid groups (broad SMARTS) is 3. The number of aliphatic carboxylic acids is 3. The number of hydrogen-bond donors (Lipinski definition) is 4. The number of hydrogen-bond acceptors (Lipinski definition) is 9. The lowest BCUT2D eigenvalue weighted by molar-refractivity contribution is -0.170. The van der Waals surface area contributed by atoms with Crippen LogP contribution in [-0.4, -0.2) is 151 Å². The van der Waals surface area contributed by atoms with Crippen molar-refractivity contribution in [2.24, 2.45) is 0 Å². The van der Waals surface area contributed by atoms with Crippen LogP contribution in [0.2, 0.25) is 0 Å². The molecule has 0 saturated heterocycles. The van der Waals surface area contributed by atoms with Crippen molar-refractivity contribution in [1.29, 1.82) is 0 Å². The second-order valence-corrected chi connectivity index (χ2v) is 12.4. The number of urea groups is 1. The number of rotatable bonds is 16. The number of carbonyl (C=O) groups excluding carboxylic acids is 1. The Kier molecular flexibility index (Phi) is 16.1. The van der Waals surface area contributed by atoms with E-state index in [2.05, 4.69) is 0 Å². The molecule has 41 heavy (non-hydrogen) atoms. The van der Waals surface area contributed by atoms with Gasteiger partial charge >= 0.3 is 23.9 Å². The Morgan fingerprint density at radius 1 is 0.780 bits per heavy atom. The first kappa shape index (κ1) is 37.7. The van der Waals surface area contributed by atoms with E-state index in [4.69, 9.17) is 20.4 Å². The molecule has 0 bridgehead atoms. The third-order valence-corrected chi connectivity index (χ3v) is 7.47. The molecular formula is C26H44N4O10S. The number of amides is 2. The van der Waals surface area contributed by atoms with Gasteiger partial charge in [0.1, 0.15) is 0 Å². The van der Waals surface area contributed by atoms with Gasteiger partial charge in [0.05, 0.1) is 23.5 Å². The fourth-order valence-corrected chi connectivity index (χ4v) is 4.62. The van der Waals surface area contributed by atoms with Gasteiger partial charge in [0.15, 0.2) is 15.4 Å². The van der Waals surface area contributed by atoms with E-state index >= 15 is 0 Å². The van der Waals surface area contributed by atoms with E-state index in [0.717, 1.165) is 13.1 Å². The fourth-order valence-electron chi connectivity index (χ4n) is 3.38. The minimum Gasteiger partial charge on any atom is -0.481 e. The van der Waals surface area contributed by atoms with Gasteiger partial charge in [-0.25, -0.2) is 18.0 Å². The van der Waals surface area contributed by atoms with Crippen LogP contribution in [0.3, 0.4) is 0 Å². The predicted octanol–water partition coefficient (Wildman–Crippen LogP) is 0.467. The summed E-state index contributed by atoms with van der Waals surface area (Å²) in [6, 6.07) is 8.21. The van der Waals surface area contributed by atoms with Gasteiger partial charge in [0.2, 0.25) is 0 Å². The second kappa shape index (κ2) is 17.5. The maximum absolute atomic E-state index is 13.2. The highest BCUT2D eigenvalue weighted by Crippen LogP contribution is 2.16. The van der Waals surface area contributed by atoms with Crippen molar-refractivity contribution in [3.8, 4) is 0 Å². The summed E-state index contributed by atoms with van der Waals surface area (Å²) in [6.07, 6.45) is -2.29. The molecule has 234 valence electrons. The van der Waals surface area contributed by atoms with Gasteiger partial charge in [-0.15, -0.1) is 0 Å². The topological polar surface area (TPSA) is 196 Å². The molecule has 0 atom stereocenters.